The molecule has 2 nitrogen and oxygen atoms in total. The van der Waals surface area contributed by atoms with E-state index >= 15 is 0 Å². The Balaban J connectivity index is 2.90. The third-order valence-corrected chi connectivity index (χ3v) is 5.28. The third-order valence-electron chi connectivity index (χ3n) is 5.28. The molecule has 112 valence electrons. The Morgan fingerprint density at radius 3 is 2.32 bits per heavy atom. The molecule has 0 saturated heterocycles. The summed E-state index contributed by atoms with van der Waals surface area (Å²) in [7, 11) is 0. The maximum atomic E-state index is 11.7. The van der Waals surface area contributed by atoms with Crippen LogP contribution in [0.1, 0.15) is 85.0 Å². The molecular formula is C17H32O2. The van der Waals surface area contributed by atoms with E-state index < -0.39 is 5.97 Å². The summed E-state index contributed by atoms with van der Waals surface area (Å²) in [6, 6.07) is 0. The van der Waals surface area contributed by atoms with E-state index in [9.17, 15) is 9.90 Å². The Kier molecular flexibility index (Phi) is 6.88. The van der Waals surface area contributed by atoms with Crippen LogP contribution in [0.5, 0.6) is 0 Å². The van der Waals surface area contributed by atoms with Gasteiger partial charge in [-0.25, -0.2) is 0 Å². The lowest BCUT2D eigenvalue weighted by atomic mass is 9.60. The first kappa shape index (κ1) is 16.5. The normalized spacial score (nSPS) is 21.8. The highest BCUT2D eigenvalue weighted by Gasteiger charge is 2.43. The number of hydrogen-bond donors (Lipinski definition) is 1. The Morgan fingerprint density at radius 2 is 1.84 bits per heavy atom. The van der Waals surface area contributed by atoms with Gasteiger partial charge in [0.2, 0.25) is 0 Å². The zero-order valence-corrected chi connectivity index (χ0v) is 13.1. The summed E-state index contributed by atoms with van der Waals surface area (Å²) in [5.41, 5.74) is 0.0122. The quantitative estimate of drug-likeness (QED) is 0.651. The van der Waals surface area contributed by atoms with E-state index in [1.165, 1.54) is 44.9 Å². The van der Waals surface area contributed by atoms with Gasteiger partial charge in [-0.05, 0) is 37.0 Å². The summed E-state index contributed by atoms with van der Waals surface area (Å²) in [6.45, 7) is 6.58. The first-order valence-electron chi connectivity index (χ1n) is 8.29. The molecule has 1 saturated carbocycles. The Morgan fingerprint density at radius 1 is 1.21 bits per heavy atom. The SMILES string of the molecule is CCCCC(C)(C1CCCCC1)C(CCC)C(=O)O. The summed E-state index contributed by atoms with van der Waals surface area (Å²) < 4.78 is 0. The molecule has 1 rings (SSSR count). The van der Waals surface area contributed by atoms with Gasteiger partial charge in [0.05, 0.1) is 5.92 Å². The second-order valence-electron chi connectivity index (χ2n) is 6.62. The van der Waals surface area contributed by atoms with Crippen LogP contribution in [-0.4, -0.2) is 11.1 Å². The number of carbonyl (C=O) groups is 1. The van der Waals surface area contributed by atoms with Crippen LogP contribution >= 0.6 is 0 Å². The van der Waals surface area contributed by atoms with Crippen molar-refractivity contribution in [1.82, 2.24) is 0 Å². The predicted molar refractivity (Wildman–Crippen MR) is 80.2 cm³/mol. The monoisotopic (exact) mass is 268 g/mol. The fourth-order valence-electron chi connectivity index (χ4n) is 4.01. The minimum atomic E-state index is -0.564. The molecule has 1 fully saturated rings. The summed E-state index contributed by atoms with van der Waals surface area (Å²) in [5.74, 6) is -0.0846. The van der Waals surface area contributed by atoms with Crippen LogP contribution in [0.3, 0.4) is 0 Å². The van der Waals surface area contributed by atoms with Gasteiger partial charge in [-0.2, -0.15) is 0 Å². The molecule has 2 heteroatoms. The second kappa shape index (κ2) is 7.91. The standard InChI is InChI=1S/C17H32O2/c1-4-6-13-17(3,14-11-8-7-9-12-14)15(10-5-2)16(18)19/h14-15H,4-13H2,1-3H3,(H,18,19). The molecule has 1 aliphatic rings. The van der Waals surface area contributed by atoms with Gasteiger partial charge in [-0.15, -0.1) is 0 Å². The van der Waals surface area contributed by atoms with Gasteiger partial charge >= 0.3 is 5.97 Å². The van der Waals surface area contributed by atoms with Crippen LogP contribution in [0.4, 0.5) is 0 Å². The smallest absolute Gasteiger partial charge is 0.307 e. The van der Waals surface area contributed by atoms with Crippen molar-refractivity contribution >= 4 is 5.97 Å². The Bertz CT molecular complexity index is 268. The number of carboxylic acids is 1. The molecule has 2 atom stereocenters. The van der Waals surface area contributed by atoms with E-state index in [0.717, 1.165) is 19.3 Å². The van der Waals surface area contributed by atoms with Gasteiger partial charge in [0.1, 0.15) is 0 Å². The fourth-order valence-corrected chi connectivity index (χ4v) is 4.01. The molecule has 19 heavy (non-hydrogen) atoms. The van der Waals surface area contributed by atoms with E-state index in [-0.39, 0.29) is 11.3 Å². The number of hydrogen-bond acceptors (Lipinski definition) is 1. The summed E-state index contributed by atoms with van der Waals surface area (Å²) in [4.78, 5) is 11.7. The second-order valence-corrected chi connectivity index (χ2v) is 6.62. The highest BCUT2D eigenvalue weighted by Crippen LogP contribution is 2.48. The van der Waals surface area contributed by atoms with Gasteiger partial charge in [0.25, 0.3) is 0 Å². The van der Waals surface area contributed by atoms with Crippen LogP contribution < -0.4 is 0 Å². The number of carboxylic acid groups (broad SMARTS) is 1. The van der Waals surface area contributed by atoms with Gasteiger partial charge in [0, 0.05) is 0 Å². The van der Waals surface area contributed by atoms with Crippen molar-refractivity contribution in [2.75, 3.05) is 0 Å². The molecule has 2 unspecified atom stereocenters. The molecule has 0 aromatic heterocycles. The topological polar surface area (TPSA) is 37.3 Å². The molecule has 0 bridgehead atoms. The third kappa shape index (κ3) is 4.22. The van der Waals surface area contributed by atoms with Gasteiger partial charge < -0.3 is 5.11 Å². The predicted octanol–water partition coefficient (Wildman–Crippen LogP) is 5.26. The minimum absolute atomic E-state index is 0.0122. The van der Waals surface area contributed by atoms with Crippen LogP contribution in [0, 0.1) is 17.3 Å². The minimum Gasteiger partial charge on any atom is -0.481 e. The van der Waals surface area contributed by atoms with Crippen LogP contribution in [0.2, 0.25) is 0 Å². The lowest BCUT2D eigenvalue weighted by molar-refractivity contribution is -0.149. The molecular weight excluding hydrogens is 236 g/mol. The van der Waals surface area contributed by atoms with E-state index in [2.05, 4.69) is 20.8 Å². The number of aliphatic carboxylic acids is 1. The van der Waals surface area contributed by atoms with E-state index in [1.807, 2.05) is 0 Å². The lowest BCUT2D eigenvalue weighted by Crippen LogP contribution is -2.40. The first-order chi connectivity index (χ1) is 9.06. The van der Waals surface area contributed by atoms with E-state index in [1.54, 1.807) is 0 Å². The fraction of sp³-hybridized carbons (Fsp3) is 0.941. The average molecular weight is 268 g/mol. The molecule has 0 heterocycles. The Hall–Kier alpha value is -0.530. The van der Waals surface area contributed by atoms with Gasteiger partial charge in [0.15, 0.2) is 0 Å². The van der Waals surface area contributed by atoms with Crippen molar-refractivity contribution in [3.8, 4) is 0 Å². The van der Waals surface area contributed by atoms with Crippen LogP contribution in [-0.2, 0) is 4.79 Å². The van der Waals surface area contributed by atoms with Crippen molar-refractivity contribution in [1.29, 1.82) is 0 Å². The van der Waals surface area contributed by atoms with Crippen molar-refractivity contribution in [3.63, 3.8) is 0 Å². The van der Waals surface area contributed by atoms with Crippen molar-refractivity contribution < 1.29 is 9.90 Å². The Labute approximate surface area is 119 Å². The largest absolute Gasteiger partial charge is 0.481 e. The molecule has 0 aromatic rings. The molecule has 1 aliphatic carbocycles. The van der Waals surface area contributed by atoms with Crippen LogP contribution in [0.15, 0.2) is 0 Å². The van der Waals surface area contributed by atoms with Gasteiger partial charge in [-0.1, -0.05) is 59.3 Å². The molecule has 0 radical (unpaired) electrons. The van der Waals surface area contributed by atoms with Crippen LogP contribution in [0.25, 0.3) is 0 Å². The molecule has 0 aliphatic heterocycles. The maximum Gasteiger partial charge on any atom is 0.307 e. The summed E-state index contributed by atoms with van der Waals surface area (Å²) in [5, 5.41) is 9.67. The summed E-state index contributed by atoms with van der Waals surface area (Å²) >= 11 is 0. The average Bonchev–Trinajstić information content (AvgIpc) is 2.43. The zero-order chi connectivity index (χ0) is 14.3. The van der Waals surface area contributed by atoms with Crippen molar-refractivity contribution in [2.24, 2.45) is 17.3 Å². The first-order valence-corrected chi connectivity index (χ1v) is 8.29. The highest BCUT2D eigenvalue weighted by atomic mass is 16.4. The van der Waals surface area contributed by atoms with E-state index in [0.29, 0.717) is 5.92 Å². The van der Waals surface area contributed by atoms with Crippen molar-refractivity contribution in [3.05, 3.63) is 0 Å². The van der Waals surface area contributed by atoms with E-state index in [4.69, 9.17) is 0 Å². The zero-order valence-electron chi connectivity index (χ0n) is 13.1. The lowest BCUT2D eigenvalue weighted by Gasteiger charge is -2.44. The summed E-state index contributed by atoms with van der Waals surface area (Å²) in [6.07, 6.45) is 11.7. The van der Waals surface area contributed by atoms with Crippen molar-refractivity contribution in [2.45, 2.75) is 85.0 Å². The molecule has 1 N–H and O–H groups in total. The number of rotatable bonds is 8. The maximum absolute atomic E-state index is 11.7. The highest BCUT2D eigenvalue weighted by molar-refractivity contribution is 5.71. The number of unbranched alkanes of at least 4 members (excludes halogenated alkanes) is 1. The molecule has 0 aromatic carbocycles. The van der Waals surface area contributed by atoms with Gasteiger partial charge in [-0.3, -0.25) is 4.79 Å². The molecule has 0 amide bonds. The molecule has 0 spiro atoms.